The van der Waals surface area contributed by atoms with Gasteiger partial charge < -0.3 is 10.0 Å². The number of benzene rings is 2. The van der Waals surface area contributed by atoms with Crippen molar-refractivity contribution in [3.8, 4) is 0 Å². The first-order valence-electron chi connectivity index (χ1n) is 6.07. The third kappa shape index (κ3) is 3.16. The number of hydrogen-bond acceptors (Lipinski definition) is 2. The summed E-state index contributed by atoms with van der Waals surface area (Å²) in [7, 11) is 1.50. The summed E-state index contributed by atoms with van der Waals surface area (Å²) >= 11 is 0. The summed E-state index contributed by atoms with van der Waals surface area (Å²) in [5.41, 5.74) is -0.239. The summed E-state index contributed by atoms with van der Waals surface area (Å²) in [4.78, 5) is 12.1. The van der Waals surface area contributed by atoms with Crippen LogP contribution in [0.1, 0.15) is 15.9 Å². The maximum absolute atomic E-state index is 13.9. The van der Waals surface area contributed by atoms with E-state index in [0.29, 0.717) is 5.56 Å². The van der Waals surface area contributed by atoms with E-state index in [1.165, 1.54) is 36.2 Å². The largest absolute Gasteiger partial charge is 0.478 e. The molecule has 3 nitrogen and oxygen atoms in total. The summed E-state index contributed by atoms with van der Waals surface area (Å²) in [6, 6.07) is 7.92. The molecule has 0 fully saturated rings. The van der Waals surface area contributed by atoms with E-state index in [9.17, 15) is 18.0 Å². The molecule has 21 heavy (non-hydrogen) atoms. The van der Waals surface area contributed by atoms with Crippen molar-refractivity contribution in [1.82, 2.24) is 0 Å². The highest BCUT2D eigenvalue weighted by Crippen LogP contribution is 2.24. The molecule has 0 aromatic heterocycles. The van der Waals surface area contributed by atoms with Gasteiger partial charge in [-0.05, 0) is 29.8 Å². The Bertz CT molecular complexity index is 689. The van der Waals surface area contributed by atoms with Crippen molar-refractivity contribution in [3.63, 3.8) is 0 Å². The number of anilines is 1. The zero-order valence-electron chi connectivity index (χ0n) is 11.1. The Kier molecular flexibility index (Phi) is 4.16. The van der Waals surface area contributed by atoms with Crippen LogP contribution in [0.25, 0.3) is 0 Å². The molecule has 2 rings (SSSR count). The molecule has 0 heterocycles. The number of nitrogens with zero attached hydrogens (tertiary/aromatic N) is 1. The summed E-state index contributed by atoms with van der Waals surface area (Å²) in [6.07, 6.45) is 0. The van der Waals surface area contributed by atoms with Gasteiger partial charge >= 0.3 is 5.97 Å². The lowest BCUT2D eigenvalue weighted by Crippen LogP contribution is -2.19. The lowest BCUT2D eigenvalue weighted by atomic mass is 10.1. The molecule has 2 aromatic rings. The van der Waals surface area contributed by atoms with Gasteiger partial charge in [-0.3, -0.25) is 0 Å². The van der Waals surface area contributed by atoms with E-state index in [0.717, 1.165) is 6.07 Å². The molecule has 0 radical (unpaired) electrons. The highest BCUT2D eigenvalue weighted by Gasteiger charge is 2.19. The van der Waals surface area contributed by atoms with Crippen LogP contribution in [0.15, 0.2) is 36.4 Å². The average molecular weight is 295 g/mol. The van der Waals surface area contributed by atoms with Crippen molar-refractivity contribution in [2.24, 2.45) is 0 Å². The van der Waals surface area contributed by atoms with Crippen LogP contribution in [0.5, 0.6) is 0 Å². The molecule has 0 unspecified atom stereocenters. The van der Waals surface area contributed by atoms with E-state index in [-0.39, 0.29) is 12.2 Å². The number of halogens is 3. The Labute approximate surface area is 119 Å². The molecule has 1 N–H and O–H groups in total. The third-order valence-corrected chi connectivity index (χ3v) is 3.01. The van der Waals surface area contributed by atoms with Gasteiger partial charge in [-0.25, -0.2) is 18.0 Å². The first-order valence-corrected chi connectivity index (χ1v) is 6.07. The minimum Gasteiger partial charge on any atom is -0.478 e. The van der Waals surface area contributed by atoms with Crippen molar-refractivity contribution in [1.29, 1.82) is 0 Å². The van der Waals surface area contributed by atoms with Gasteiger partial charge in [0.25, 0.3) is 0 Å². The highest BCUT2D eigenvalue weighted by atomic mass is 19.2. The number of hydrogen-bond donors (Lipinski definition) is 1. The number of carboxylic acid groups (broad SMARTS) is 1. The molecule has 110 valence electrons. The number of carbonyl (C=O) groups is 1. The molecule has 0 spiro atoms. The topological polar surface area (TPSA) is 40.5 Å². The molecule has 0 aliphatic heterocycles. The van der Waals surface area contributed by atoms with Gasteiger partial charge in [0.05, 0.1) is 11.3 Å². The maximum atomic E-state index is 13.9. The summed E-state index contributed by atoms with van der Waals surface area (Å²) in [5.74, 6) is -4.61. The molecule has 0 aliphatic carbocycles. The SMILES string of the molecule is CN(Cc1cccc(F)c1)c1ccc(C(=O)O)c(F)c1F. The molecular weight excluding hydrogens is 283 g/mol. The van der Waals surface area contributed by atoms with Gasteiger partial charge in [0, 0.05) is 13.6 Å². The van der Waals surface area contributed by atoms with Crippen molar-refractivity contribution in [3.05, 3.63) is 65.0 Å². The fourth-order valence-electron chi connectivity index (χ4n) is 1.99. The summed E-state index contributed by atoms with van der Waals surface area (Å²) in [6.45, 7) is 0.153. The van der Waals surface area contributed by atoms with E-state index in [1.807, 2.05) is 0 Å². The monoisotopic (exact) mass is 295 g/mol. The minimum absolute atomic E-state index is 0.0956. The second-order valence-electron chi connectivity index (χ2n) is 4.55. The van der Waals surface area contributed by atoms with Gasteiger partial charge in [-0.2, -0.15) is 0 Å². The molecule has 0 atom stereocenters. The van der Waals surface area contributed by atoms with E-state index < -0.39 is 29.0 Å². The summed E-state index contributed by atoms with van der Waals surface area (Å²) < 4.78 is 40.6. The molecule has 0 bridgehead atoms. The van der Waals surface area contributed by atoms with Crippen LogP contribution in [0.2, 0.25) is 0 Å². The van der Waals surface area contributed by atoms with Crippen LogP contribution in [0.3, 0.4) is 0 Å². The molecule has 2 aromatic carbocycles. The zero-order valence-corrected chi connectivity index (χ0v) is 11.1. The Morgan fingerprint density at radius 1 is 1.14 bits per heavy atom. The van der Waals surface area contributed by atoms with E-state index >= 15 is 0 Å². The molecule has 0 aliphatic rings. The van der Waals surface area contributed by atoms with Crippen LogP contribution in [-0.2, 0) is 6.54 Å². The van der Waals surface area contributed by atoms with E-state index in [2.05, 4.69) is 0 Å². The van der Waals surface area contributed by atoms with Gasteiger partial charge in [0.1, 0.15) is 5.82 Å². The Hall–Kier alpha value is -2.50. The zero-order chi connectivity index (χ0) is 15.6. The number of aromatic carboxylic acids is 1. The van der Waals surface area contributed by atoms with Crippen LogP contribution < -0.4 is 4.90 Å². The van der Waals surface area contributed by atoms with Crippen molar-refractivity contribution in [2.45, 2.75) is 6.54 Å². The molecule has 0 saturated carbocycles. The van der Waals surface area contributed by atoms with Crippen LogP contribution in [0, 0.1) is 17.5 Å². The third-order valence-electron chi connectivity index (χ3n) is 3.01. The van der Waals surface area contributed by atoms with E-state index in [1.54, 1.807) is 6.07 Å². The van der Waals surface area contributed by atoms with E-state index in [4.69, 9.17) is 5.11 Å². The molecular formula is C15H12F3NO2. The predicted octanol–water partition coefficient (Wildman–Crippen LogP) is 3.44. The summed E-state index contributed by atoms with van der Waals surface area (Å²) in [5, 5.41) is 8.72. The maximum Gasteiger partial charge on any atom is 0.338 e. The first kappa shape index (κ1) is 14.9. The molecule has 0 amide bonds. The lowest BCUT2D eigenvalue weighted by molar-refractivity contribution is 0.0690. The Morgan fingerprint density at radius 2 is 1.86 bits per heavy atom. The van der Waals surface area contributed by atoms with Gasteiger partial charge in [0.15, 0.2) is 11.6 Å². The highest BCUT2D eigenvalue weighted by molar-refractivity contribution is 5.88. The van der Waals surface area contributed by atoms with Crippen molar-refractivity contribution in [2.75, 3.05) is 11.9 Å². The van der Waals surface area contributed by atoms with Crippen molar-refractivity contribution < 1.29 is 23.1 Å². The number of carboxylic acids is 1. The quantitative estimate of drug-likeness (QED) is 0.939. The second kappa shape index (κ2) is 5.87. The van der Waals surface area contributed by atoms with Gasteiger partial charge in [-0.15, -0.1) is 0 Å². The van der Waals surface area contributed by atoms with Gasteiger partial charge in [0.2, 0.25) is 0 Å². The Balaban J connectivity index is 2.29. The fourth-order valence-corrected chi connectivity index (χ4v) is 1.99. The van der Waals surface area contributed by atoms with Gasteiger partial charge in [-0.1, -0.05) is 12.1 Å². The fraction of sp³-hybridized carbons (Fsp3) is 0.133. The minimum atomic E-state index is -1.54. The van der Waals surface area contributed by atoms with Crippen LogP contribution in [0.4, 0.5) is 18.9 Å². The van der Waals surface area contributed by atoms with Crippen LogP contribution >= 0.6 is 0 Å². The smallest absolute Gasteiger partial charge is 0.338 e. The molecule has 0 saturated heterocycles. The van der Waals surface area contributed by atoms with Crippen molar-refractivity contribution >= 4 is 11.7 Å². The molecule has 6 heteroatoms. The predicted molar refractivity (Wildman–Crippen MR) is 71.8 cm³/mol. The van der Waals surface area contributed by atoms with Crippen LogP contribution in [-0.4, -0.2) is 18.1 Å². The standard InChI is InChI=1S/C15H12F3NO2/c1-19(8-9-3-2-4-10(16)7-9)12-6-5-11(15(20)21)13(17)14(12)18/h2-7H,8H2,1H3,(H,20,21). The normalized spacial score (nSPS) is 10.5. The Morgan fingerprint density at radius 3 is 2.48 bits per heavy atom. The second-order valence-corrected chi connectivity index (χ2v) is 4.55. The lowest BCUT2D eigenvalue weighted by Gasteiger charge is -2.20. The average Bonchev–Trinajstić information content (AvgIpc) is 2.41. The first-order chi connectivity index (χ1) is 9.90. The number of rotatable bonds is 4.